The van der Waals surface area contributed by atoms with E-state index >= 15 is 0 Å². The number of amides is 1. The Balaban J connectivity index is 2.21. The van der Waals surface area contributed by atoms with Gasteiger partial charge < -0.3 is 10.4 Å². The van der Waals surface area contributed by atoms with Gasteiger partial charge in [-0.25, -0.2) is 0 Å². The first-order chi connectivity index (χ1) is 11.1. The van der Waals surface area contributed by atoms with Crippen LogP contribution in [0.15, 0.2) is 72.8 Å². The molecule has 0 aliphatic rings. The molecule has 0 aliphatic carbocycles. The summed E-state index contributed by atoms with van der Waals surface area (Å²) in [5.41, 5.74) is 3.84. The molecular weight excluding hydrogens is 286 g/mol. The summed E-state index contributed by atoms with van der Waals surface area (Å²) in [6.07, 6.45) is 0. The van der Waals surface area contributed by atoms with E-state index < -0.39 is 0 Å². The molecule has 0 spiro atoms. The Labute approximate surface area is 135 Å². The molecule has 0 saturated carbocycles. The molecule has 3 heteroatoms. The predicted molar refractivity (Wildman–Crippen MR) is 93.3 cm³/mol. The van der Waals surface area contributed by atoms with Crippen molar-refractivity contribution in [3.05, 3.63) is 72.8 Å². The highest BCUT2D eigenvalue weighted by molar-refractivity contribution is 5.93. The molecule has 2 N–H and O–H groups in total. The third-order valence-electron chi connectivity index (χ3n) is 3.60. The second-order valence-electron chi connectivity index (χ2n) is 5.33. The number of rotatable bonds is 3. The fourth-order valence-corrected chi connectivity index (χ4v) is 2.59. The van der Waals surface area contributed by atoms with Crippen LogP contribution in [0.25, 0.3) is 22.3 Å². The number of hydrogen-bond acceptors (Lipinski definition) is 2. The first kappa shape index (κ1) is 14.9. The fourth-order valence-electron chi connectivity index (χ4n) is 2.59. The summed E-state index contributed by atoms with van der Waals surface area (Å²) in [4.78, 5) is 11.4. The second-order valence-corrected chi connectivity index (χ2v) is 5.33. The Morgan fingerprint density at radius 2 is 1.26 bits per heavy atom. The van der Waals surface area contributed by atoms with Gasteiger partial charge in [0, 0.05) is 23.7 Å². The molecule has 0 radical (unpaired) electrons. The number of phenolic OH excluding ortho intramolecular Hbond substituents is 1. The predicted octanol–water partition coefficient (Wildman–Crippen LogP) is 4.68. The second kappa shape index (κ2) is 6.36. The molecule has 0 atom stereocenters. The van der Waals surface area contributed by atoms with Gasteiger partial charge in [0.15, 0.2) is 0 Å². The van der Waals surface area contributed by atoms with Crippen molar-refractivity contribution in [1.29, 1.82) is 0 Å². The molecule has 0 saturated heterocycles. The summed E-state index contributed by atoms with van der Waals surface area (Å²) < 4.78 is 0. The SMILES string of the molecule is CC(=O)Nc1cc(-c2ccccc2)c(O)c(-c2ccccc2)c1. The average molecular weight is 303 g/mol. The Morgan fingerprint density at radius 1 is 0.826 bits per heavy atom. The molecule has 0 aliphatic heterocycles. The van der Waals surface area contributed by atoms with Crippen molar-refractivity contribution in [1.82, 2.24) is 0 Å². The largest absolute Gasteiger partial charge is 0.507 e. The lowest BCUT2D eigenvalue weighted by Crippen LogP contribution is -2.06. The van der Waals surface area contributed by atoms with E-state index in [9.17, 15) is 9.90 Å². The lowest BCUT2D eigenvalue weighted by Gasteiger charge is -2.14. The third-order valence-corrected chi connectivity index (χ3v) is 3.60. The molecule has 0 fully saturated rings. The molecule has 3 aromatic rings. The van der Waals surface area contributed by atoms with Crippen LogP contribution >= 0.6 is 0 Å². The summed E-state index contributed by atoms with van der Waals surface area (Å²) in [6.45, 7) is 1.47. The molecule has 3 aromatic carbocycles. The molecule has 0 heterocycles. The zero-order valence-electron chi connectivity index (χ0n) is 12.8. The van der Waals surface area contributed by atoms with E-state index in [-0.39, 0.29) is 11.7 Å². The maximum Gasteiger partial charge on any atom is 0.221 e. The van der Waals surface area contributed by atoms with E-state index in [1.807, 2.05) is 60.7 Å². The summed E-state index contributed by atoms with van der Waals surface area (Å²) >= 11 is 0. The van der Waals surface area contributed by atoms with E-state index in [0.717, 1.165) is 11.1 Å². The van der Waals surface area contributed by atoms with Crippen LogP contribution in [0.4, 0.5) is 5.69 Å². The number of carbonyl (C=O) groups is 1. The van der Waals surface area contributed by atoms with Crippen molar-refractivity contribution < 1.29 is 9.90 Å². The van der Waals surface area contributed by atoms with Gasteiger partial charge in [-0.2, -0.15) is 0 Å². The van der Waals surface area contributed by atoms with Crippen LogP contribution in [0.3, 0.4) is 0 Å². The molecule has 23 heavy (non-hydrogen) atoms. The highest BCUT2D eigenvalue weighted by atomic mass is 16.3. The van der Waals surface area contributed by atoms with E-state index in [1.54, 1.807) is 12.1 Å². The van der Waals surface area contributed by atoms with Crippen molar-refractivity contribution >= 4 is 11.6 Å². The number of phenols is 1. The van der Waals surface area contributed by atoms with E-state index in [2.05, 4.69) is 5.32 Å². The summed E-state index contributed by atoms with van der Waals surface area (Å²) in [5.74, 6) is 0.0604. The summed E-state index contributed by atoms with van der Waals surface area (Å²) in [6, 6.07) is 22.8. The zero-order chi connectivity index (χ0) is 16.2. The molecule has 3 rings (SSSR count). The Morgan fingerprint density at radius 3 is 1.65 bits per heavy atom. The van der Waals surface area contributed by atoms with Gasteiger partial charge in [0.1, 0.15) is 5.75 Å². The average Bonchev–Trinajstić information content (AvgIpc) is 2.57. The van der Waals surface area contributed by atoms with Crippen molar-refractivity contribution in [3.63, 3.8) is 0 Å². The van der Waals surface area contributed by atoms with E-state index in [0.29, 0.717) is 16.8 Å². The van der Waals surface area contributed by atoms with Gasteiger partial charge in [-0.15, -0.1) is 0 Å². The monoisotopic (exact) mass is 303 g/mol. The van der Waals surface area contributed by atoms with Gasteiger partial charge in [-0.05, 0) is 23.3 Å². The molecular formula is C20H17NO2. The lowest BCUT2D eigenvalue weighted by atomic mass is 9.96. The fraction of sp³-hybridized carbons (Fsp3) is 0.0500. The number of carbonyl (C=O) groups excluding carboxylic acids is 1. The quantitative estimate of drug-likeness (QED) is 0.690. The maximum absolute atomic E-state index is 11.4. The standard InChI is InChI=1S/C20H17NO2/c1-14(22)21-17-12-18(15-8-4-2-5-9-15)20(23)19(13-17)16-10-6-3-7-11-16/h2-13,23H,1H3,(H,21,22). The van der Waals surface area contributed by atoms with Crippen molar-refractivity contribution in [2.75, 3.05) is 5.32 Å². The number of benzene rings is 3. The summed E-state index contributed by atoms with van der Waals surface area (Å²) in [7, 11) is 0. The Bertz CT molecular complexity index is 766. The van der Waals surface area contributed by atoms with Crippen molar-refractivity contribution in [2.24, 2.45) is 0 Å². The molecule has 0 unspecified atom stereocenters. The number of aromatic hydroxyl groups is 1. The molecule has 0 aromatic heterocycles. The molecule has 114 valence electrons. The molecule has 3 nitrogen and oxygen atoms in total. The van der Waals surface area contributed by atoms with Gasteiger partial charge in [-0.1, -0.05) is 60.7 Å². The lowest BCUT2D eigenvalue weighted by molar-refractivity contribution is -0.114. The summed E-state index contributed by atoms with van der Waals surface area (Å²) in [5, 5.41) is 13.5. The molecule has 0 bridgehead atoms. The highest BCUT2D eigenvalue weighted by Gasteiger charge is 2.13. The first-order valence-electron chi connectivity index (χ1n) is 7.40. The maximum atomic E-state index is 11.4. The number of nitrogens with one attached hydrogen (secondary N) is 1. The van der Waals surface area contributed by atoms with E-state index in [4.69, 9.17) is 0 Å². The van der Waals surface area contributed by atoms with Crippen LogP contribution in [-0.2, 0) is 4.79 Å². The van der Waals surface area contributed by atoms with Gasteiger partial charge >= 0.3 is 0 Å². The van der Waals surface area contributed by atoms with Gasteiger partial charge in [0.2, 0.25) is 5.91 Å². The van der Waals surface area contributed by atoms with Crippen LogP contribution in [0, 0.1) is 0 Å². The van der Waals surface area contributed by atoms with Crippen molar-refractivity contribution in [3.8, 4) is 28.0 Å². The Kier molecular flexibility index (Phi) is 4.11. The Hall–Kier alpha value is -3.07. The van der Waals surface area contributed by atoms with Gasteiger partial charge in [0.25, 0.3) is 0 Å². The van der Waals surface area contributed by atoms with Crippen LogP contribution in [0.2, 0.25) is 0 Å². The topological polar surface area (TPSA) is 49.3 Å². The molecule has 1 amide bonds. The zero-order valence-corrected chi connectivity index (χ0v) is 12.8. The van der Waals surface area contributed by atoms with Crippen molar-refractivity contribution in [2.45, 2.75) is 6.92 Å². The smallest absolute Gasteiger partial charge is 0.221 e. The van der Waals surface area contributed by atoms with Crippen LogP contribution in [-0.4, -0.2) is 11.0 Å². The van der Waals surface area contributed by atoms with Crippen LogP contribution in [0.1, 0.15) is 6.92 Å². The van der Waals surface area contributed by atoms with E-state index in [1.165, 1.54) is 6.92 Å². The van der Waals surface area contributed by atoms with Crippen LogP contribution in [0.5, 0.6) is 5.75 Å². The van der Waals surface area contributed by atoms with Gasteiger partial charge in [0.05, 0.1) is 0 Å². The highest BCUT2D eigenvalue weighted by Crippen LogP contribution is 2.40. The normalized spacial score (nSPS) is 10.3. The third kappa shape index (κ3) is 3.24. The van der Waals surface area contributed by atoms with Crippen LogP contribution < -0.4 is 5.32 Å². The minimum atomic E-state index is -0.145. The first-order valence-corrected chi connectivity index (χ1v) is 7.40. The van der Waals surface area contributed by atoms with Gasteiger partial charge in [-0.3, -0.25) is 4.79 Å². The minimum absolute atomic E-state index is 0.145. The minimum Gasteiger partial charge on any atom is -0.507 e. The number of anilines is 1. The number of hydrogen-bond donors (Lipinski definition) is 2.